The van der Waals surface area contributed by atoms with Gasteiger partial charge in [0.15, 0.2) is 6.61 Å². The van der Waals surface area contributed by atoms with Crippen LogP contribution in [0.15, 0.2) is 34.7 Å². The number of esters is 1. The molecular formula is C16H18N4O4S. The molecule has 0 saturated heterocycles. The number of carbonyl (C=O) groups is 2. The Hall–Kier alpha value is -2.94. The Morgan fingerprint density at radius 2 is 2.20 bits per heavy atom. The molecule has 2 aromatic rings. The lowest BCUT2D eigenvalue weighted by Gasteiger charge is -2.06. The Kier molecular flexibility index (Phi) is 6.90. The number of aromatic nitrogens is 1. The van der Waals surface area contributed by atoms with Crippen LogP contribution in [0, 0.1) is 0 Å². The zero-order valence-corrected chi connectivity index (χ0v) is 14.4. The van der Waals surface area contributed by atoms with E-state index in [-0.39, 0.29) is 19.0 Å². The molecule has 2 rings (SSSR count). The van der Waals surface area contributed by atoms with Crippen LogP contribution in [-0.2, 0) is 20.7 Å². The molecule has 1 aromatic heterocycles. The second-order valence-corrected chi connectivity index (χ2v) is 5.65. The highest BCUT2D eigenvalue weighted by molar-refractivity contribution is 7.13. The molecule has 132 valence electrons. The van der Waals surface area contributed by atoms with Crippen molar-refractivity contribution in [1.29, 1.82) is 0 Å². The number of benzene rings is 1. The SMILES string of the molecule is CCOC(=O)Cc1csc(NN=Cc2ccccc2OCC(N)=O)n1. The van der Waals surface area contributed by atoms with Crippen molar-refractivity contribution in [2.24, 2.45) is 10.8 Å². The molecule has 25 heavy (non-hydrogen) atoms. The molecule has 8 nitrogen and oxygen atoms in total. The third-order valence-electron chi connectivity index (χ3n) is 2.84. The summed E-state index contributed by atoms with van der Waals surface area (Å²) in [6, 6.07) is 7.10. The van der Waals surface area contributed by atoms with Crippen molar-refractivity contribution in [2.45, 2.75) is 13.3 Å². The first-order valence-corrected chi connectivity index (χ1v) is 8.35. The van der Waals surface area contributed by atoms with E-state index in [4.69, 9.17) is 15.2 Å². The summed E-state index contributed by atoms with van der Waals surface area (Å²) in [4.78, 5) is 26.5. The standard InChI is InChI=1S/C16H18N4O4S/c1-2-23-15(22)7-12-10-25-16(19-12)20-18-8-11-5-3-4-6-13(11)24-9-14(17)21/h3-6,8,10H,2,7,9H2,1H3,(H2,17,21)(H,19,20). The molecular weight excluding hydrogens is 344 g/mol. The molecule has 1 aromatic carbocycles. The van der Waals surface area contributed by atoms with Crippen molar-refractivity contribution in [3.63, 3.8) is 0 Å². The normalized spacial score (nSPS) is 10.6. The molecule has 0 aliphatic heterocycles. The maximum absolute atomic E-state index is 11.4. The predicted octanol–water partition coefficient (Wildman–Crippen LogP) is 1.56. The lowest BCUT2D eigenvalue weighted by molar-refractivity contribution is -0.142. The number of hydrogen-bond acceptors (Lipinski definition) is 8. The number of para-hydroxylation sites is 1. The number of amides is 1. The van der Waals surface area contributed by atoms with Crippen LogP contribution in [0.3, 0.4) is 0 Å². The first-order valence-electron chi connectivity index (χ1n) is 7.47. The molecule has 3 N–H and O–H groups in total. The van der Waals surface area contributed by atoms with Crippen LogP contribution in [0.4, 0.5) is 5.13 Å². The van der Waals surface area contributed by atoms with E-state index in [1.165, 1.54) is 11.3 Å². The van der Waals surface area contributed by atoms with Gasteiger partial charge < -0.3 is 15.2 Å². The fourth-order valence-electron chi connectivity index (χ4n) is 1.82. The average Bonchev–Trinajstić information content (AvgIpc) is 3.01. The number of nitrogens with one attached hydrogen (secondary N) is 1. The highest BCUT2D eigenvalue weighted by Crippen LogP contribution is 2.18. The molecule has 1 heterocycles. The van der Waals surface area contributed by atoms with Crippen LogP contribution in [0.25, 0.3) is 0 Å². The number of nitrogens with two attached hydrogens (primary N) is 1. The second-order valence-electron chi connectivity index (χ2n) is 4.79. The summed E-state index contributed by atoms with van der Waals surface area (Å²) in [6.07, 6.45) is 1.67. The molecule has 9 heteroatoms. The van der Waals surface area contributed by atoms with E-state index in [0.717, 1.165) is 0 Å². The van der Waals surface area contributed by atoms with Crippen LogP contribution in [0.1, 0.15) is 18.2 Å². The average molecular weight is 362 g/mol. The van der Waals surface area contributed by atoms with Gasteiger partial charge in [0.05, 0.1) is 24.9 Å². The number of hydrazone groups is 1. The molecule has 0 bridgehead atoms. The van der Waals surface area contributed by atoms with E-state index in [1.807, 2.05) is 6.07 Å². The van der Waals surface area contributed by atoms with Gasteiger partial charge in [0.1, 0.15) is 5.75 Å². The van der Waals surface area contributed by atoms with Crippen LogP contribution >= 0.6 is 11.3 Å². The number of hydrogen-bond donors (Lipinski definition) is 2. The monoisotopic (exact) mass is 362 g/mol. The minimum absolute atomic E-state index is 0.125. The summed E-state index contributed by atoms with van der Waals surface area (Å²) in [5, 5.41) is 6.40. The van der Waals surface area contributed by atoms with Gasteiger partial charge in [-0.25, -0.2) is 4.98 Å². The van der Waals surface area contributed by atoms with Crippen molar-refractivity contribution in [1.82, 2.24) is 4.98 Å². The van der Waals surface area contributed by atoms with E-state index in [9.17, 15) is 9.59 Å². The molecule has 0 saturated carbocycles. The zero-order valence-electron chi connectivity index (χ0n) is 13.6. The first-order chi connectivity index (χ1) is 12.1. The topological polar surface area (TPSA) is 116 Å². The van der Waals surface area contributed by atoms with Gasteiger partial charge in [0.25, 0.3) is 5.91 Å². The summed E-state index contributed by atoms with van der Waals surface area (Å²) >= 11 is 1.33. The Morgan fingerprint density at radius 1 is 1.40 bits per heavy atom. The number of ether oxygens (including phenoxy) is 2. The molecule has 0 spiro atoms. The Bertz CT molecular complexity index is 760. The minimum atomic E-state index is -0.554. The van der Waals surface area contributed by atoms with E-state index in [2.05, 4.69) is 15.5 Å². The van der Waals surface area contributed by atoms with Crippen molar-refractivity contribution < 1.29 is 19.1 Å². The van der Waals surface area contributed by atoms with Crippen LogP contribution in [-0.4, -0.2) is 36.3 Å². The highest BCUT2D eigenvalue weighted by Gasteiger charge is 2.08. The Balaban J connectivity index is 1.94. The molecule has 0 atom stereocenters. The Labute approximate surface area is 148 Å². The second kappa shape index (κ2) is 9.38. The minimum Gasteiger partial charge on any atom is -0.483 e. The quantitative estimate of drug-likeness (QED) is 0.397. The van der Waals surface area contributed by atoms with Crippen molar-refractivity contribution in [2.75, 3.05) is 18.6 Å². The number of primary amides is 1. The van der Waals surface area contributed by atoms with E-state index in [0.29, 0.717) is 28.7 Å². The molecule has 0 aliphatic rings. The predicted molar refractivity (Wildman–Crippen MR) is 94.8 cm³/mol. The summed E-state index contributed by atoms with van der Waals surface area (Å²) in [5.74, 6) is -0.376. The van der Waals surface area contributed by atoms with Gasteiger partial charge in [-0.3, -0.25) is 15.0 Å². The summed E-state index contributed by atoms with van der Waals surface area (Å²) in [6.45, 7) is 1.89. The number of carbonyl (C=O) groups excluding carboxylic acids is 2. The van der Waals surface area contributed by atoms with Crippen LogP contribution < -0.4 is 15.9 Å². The Morgan fingerprint density at radius 3 is 2.96 bits per heavy atom. The lowest BCUT2D eigenvalue weighted by atomic mass is 10.2. The fourth-order valence-corrected chi connectivity index (χ4v) is 2.48. The van der Waals surface area contributed by atoms with Gasteiger partial charge in [-0.1, -0.05) is 12.1 Å². The van der Waals surface area contributed by atoms with E-state index in [1.54, 1.807) is 36.7 Å². The molecule has 0 unspecified atom stereocenters. The van der Waals surface area contributed by atoms with Crippen molar-refractivity contribution >= 4 is 34.6 Å². The van der Waals surface area contributed by atoms with Crippen molar-refractivity contribution in [3.05, 3.63) is 40.9 Å². The van der Waals surface area contributed by atoms with Gasteiger partial charge in [-0.05, 0) is 19.1 Å². The van der Waals surface area contributed by atoms with Crippen LogP contribution in [0.5, 0.6) is 5.75 Å². The highest BCUT2D eigenvalue weighted by atomic mass is 32.1. The summed E-state index contributed by atoms with van der Waals surface area (Å²) < 4.78 is 10.2. The zero-order chi connectivity index (χ0) is 18.1. The molecule has 0 aliphatic carbocycles. The van der Waals surface area contributed by atoms with Crippen molar-refractivity contribution in [3.8, 4) is 5.75 Å². The molecule has 0 radical (unpaired) electrons. The molecule has 1 amide bonds. The van der Waals surface area contributed by atoms with Gasteiger partial charge >= 0.3 is 5.97 Å². The third kappa shape index (κ3) is 6.22. The first kappa shape index (κ1) is 18.4. The lowest BCUT2D eigenvalue weighted by Crippen LogP contribution is -2.20. The summed E-state index contributed by atoms with van der Waals surface area (Å²) in [7, 11) is 0. The largest absolute Gasteiger partial charge is 0.483 e. The van der Waals surface area contributed by atoms with E-state index < -0.39 is 5.91 Å². The van der Waals surface area contributed by atoms with Gasteiger partial charge in [0.2, 0.25) is 5.13 Å². The maximum atomic E-state index is 11.4. The van der Waals surface area contributed by atoms with Crippen LogP contribution in [0.2, 0.25) is 0 Å². The smallest absolute Gasteiger partial charge is 0.311 e. The number of thiazole rings is 1. The fraction of sp³-hybridized carbons (Fsp3) is 0.250. The third-order valence-corrected chi connectivity index (χ3v) is 3.63. The van der Waals surface area contributed by atoms with Gasteiger partial charge in [-0.2, -0.15) is 5.10 Å². The number of anilines is 1. The summed E-state index contributed by atoms with van der Waals surface area (Å²) in [5.41, 5.74) is 9.16. The van der Waals surface area contributed by atoms with Gasteiger partial charge in [-0.15, -0.1) is 11.3 Å². The number of nitrogens with zero attached hydrogens (tertiary/aromatic N) is 2. The van der Waals surface area contributed by atoms with E-state index >= 15 is 0 Å². The number of rotatable bonds is 9. The van der Waals surface area contributed by atoms with Gasteiger partial charge in [0, 0.05) is 10.9 Å². The molecule has 0 fully saturated rings. The maximum Gasteiger partial charge on any atom is 0.311 e.